The fourth-order valence-electron chi connectivity index (χ4n) is 3.90. The first-order valence-electron chi connectivity index (χ1n) is 11.3. The van der Waals surface area contributed by atoms with Crippen LogP contribution in [0.2, 0.25) is 6.82 Å². The molecule has 34 heavy (non-hydrogen) atoms. The second-order valence-corrected chi connectivity index (χ2v) is 8.10. The second-order valence-electron chi connectivity index (χ2n) is 8.10. The van der Waals surface area contributed by atoms with E-state index in [9.17, 15) is 19.3 Å². The number of likely N-dealkylation sites (tertiary alicyclic amines) is 1. The summed E-state index contributed by atoms with van der Waals surface area (Å²) in [6.45, 7) is 2.55. The summed E-state index contributed by atoms with van der Waals surface area (Å²) in [6, 6.07) is 11.3. The van der Waals surface area contributed by atoms with Gasteiger partial charge in [0.25, 0.3) is 0 Å². The minimum atomic E-state index is -0.847. The van der Waals surface area contributed by atoms with E-state index in [1.807, 2.05) is 30.3 Å². The number of esters is 1. The topological polar surface area (TPSA) is 121 Å². The summed E-state index contributed by atoms with van der Waals surface area (Å²) in [5.41, 5.74) is 2.40. The van der Waals surface area contributed by atoms with Gasteiger partial charge in [-0.15, -0.1) is 0 Å². The normalized spacial score (nSPS) is 16.3. The SMILES string of the molecule is CB(O)NCc1ccccc1COC(=O)[C@@H]1CCCN1C(=O)[C@@H](Cc1ccccn1)N=CB=O. The Morgan fingerprint density at radius 2 is 2.09 bits per heavy atom. The van der Waals surface area contributed by atoms with E-state index in [0.717, 1.165) is 17.2 Å². The number of aromatic nitrogens is 1. The fourth-order valence-corrected chi connectivity index (χ4v) is 3.90. The summed E-state index contributed by atoms with van der Waals surface area (Å²) in [7, 11) is -0.132. The molecular formula is C23H28B2N4O5. The first-order chi connectivity index (χ1) is 16.5. The zero-order chi connectivity index (χ0) is 24.3. The minimum absolute atomic E-state index is 0.0652. The summed E-state index contributed by atoms with van der Waals surface area (Å²) in [5.74, 6) is -0.801. The van der Waals surface area contributed by atoms with Gasteiger partial charge in [0.1, 0.15) is 0 Å². The molecule has 11 heteroatoms. The third-order valence-electron chi connectivity index (χ3n) is 5.62. The van der Waals surface area contributed by atoms with Gasteiger partial charge in [-0.1, -0.05) is 6.07 Å². The van der Waals surface area contributed by atoms with Crippen LogP contribution in [-0.2, 0) is 38.6 Å². The van der Waals surface area contributed by atoms with Gasteiger partial charge in [0.15, 0.2) is 0 Å². The maximum absolute atomic E-state index is 13.3. The van der Waals surface area contributed by atoms with E-state index in [2.05, 4.69) is 15.2 Å². The zero-order valence-corrected chi connectivity index (χ0v) is 19.2. The number of ether oxygens (including phenoxy) is 1. The van der Waals surface area contributed by atoms with Crippen LogP contribution < -0.4 is 5.23 Å². The van der Waals surface area contributed by atoms with E-state index < -0.39 is 25.1 Å². The van der Waals surface area contributed by atoms with E-state index in [1.54, 1.807) is 25.2 Å². The van der Waals surface area contributed by atoms with Crippen molar-refractivity contribution in [3.05, 3.63) is 65.5 Å². The Bertz CT molecular complexity index is 1010. The van der Waals surface area contributed by atoms with Crippen molar-refractivity contribution in [3.8, 4) is 0 Å². The summed E-state index contributed by atoms with van der Waals surface area (Å²) in [6.07, 6.45) is 4.10. The maximum atomic E-state index is 13.3. The van der Waals surface area contributed by atoms with Crippen molar-refractivity contribution in [3.63, 3.8) is 0 Å². The van der Waals surface area contributed by atoms with Crippen LogP contribution in [0.1, 0.15) is 29.7 Å². The Labute approximate surface area is 200 Å². The van der Waals surface area contributed by atoms with Crippen molar-refractivity contribution in [2.75, 3.05) is 6.54 Å². The number of carbonyl (C=O) groups is 2. The van der Waals surface area contributed by atoms with E-state index in [1.165, 1.54) is 4.90 Å². The summed E-state index contributed by atoms with van der Waals surface area (Å²) in [5, 5.41) is 12.4. The Kier molecular flexibility index (Phi) is 9.66. The molecule has 0 spiro atoms. The molecule has 2 N–H and O–H groups in total. The number of hydrogen-bond acceptors (Lipinski definition) is 8. The second kappa shape index (κ2) is 12.9. The zero-order valence-electron chi connectivity index (χ0n) is 19.2. The van der Waals surface area contributed by atoms with Gasteiger partial charge < -0.3 is 10.3 Å². The molecule has 9 nitrogen and oxygen atoms in total. The van der Waals surface area contributed by atoms with Gasteiger partial charge in [0.2, 0.25) is 0 Å². The molecule has 1 aromatic carbocycles. The third-order valence-corrected chi connectivity index (χ3v) is 5.62. The third kappa shape index (κ3) is 7.16. The quantitative estimate of drug-likeness (QED) is 0.291. The van der Waals surface area contributed by atoms with E-state index in [0.29, 0.717) is 38.8 Å². The van der Waals surface area contributed by atoms with Crippen LogP contribution in [0, 0.1) is 0 Å². The van der Waals surface area contributed by atoms with Crippen LogP contribution in [0.3, 0.4) is 0 Å². The van der Waals surface area contributed by atoms with Crippen molar-refractivity contribution in [2.24, 2.45) is 4.99 Å². The predicted molar refractivity (Wildman–Crippen MR) is 128 cm³/mol. The molecule has 1 amide bonds. The van der Waals surface area contributed by atoms with Crippen molar-refractivity contribution < 1.29 is 24.1 Å². The average Bonchev–Trinajstić information content (AvgIpc) is 3.34. The summed E-state index contributed by atoms with van der Waals surface area (Å²) < 4.78 is 16.4. The molecular weight excluding hydrogens is 434 g/mol. The standard InChI is InChI=1S/C23H28B2N4O5/c1-25(33)28-14-17-7-2-3-8-18(17)15-34-23(31)21-10-6-12-29(21)22(30)20(27-16-24-32)13-19-9-4-5-11-26-19/h2-5,7-9,11,16,20-21,28,33H,6,10,12-15H2,1H3/t20-,21+/m1/s1. The van der Waals surface area contributed by atoms with Crippen LogP contribution in [0.25, 0.3) is 0 Å². The molecule has 2 atom stereocenters. The van der Waals surface area contributed by atoms with Crippen molar-refractivity contribution >= 4 is 32.2 Å². The van der Waals surface area contributed by atoms with E-state index in [4.69, 9.17) is 4.74 Å². The molecule has 0 saturated carbocycles. The van der Waals surface area contributed by atoms with Crippen LogP contribution >= 0.6 is 0 Å². The van der Waals surface area contributed by atoms with Gasteiger partial charge in [0.05, 0.1) is 0 Å². The number of nitrogens with one attached hydrogen (secondary N) is 1. The number of nitrogens with zero attached hydrogens (tertiary/aromatic N) is 3. The van der Waals surface area contributed by atoms with Crippen LogP contribution in [-0.4, -0.2) is 65.7 Å². The predicted octanol–water partition coefficient (Wildman–Crippen LogP) is 1.00. The Morgan fingerprint density at radius 3 is 2.79 bits per heavy atom. The van der Waals surface area contributed by atoms with Crippen LogP contribution in [0.4, 0.5) is 0 Å². The van der Waals surface area contributed by atoms with Gasteiger partial charge in [-0.3, -0.25) is 0 Å². The first-order valence-corrected chi connectivity index (χ1v) is 11.3. The molecule has 1 aliphatic heterocycles. The Hall–Kier alpha value is -3.17. The van der Waals surface area contributed by atoms with Gasteiger partial charge in [-0.05, 0) is 6.82 Å². The molecule has 176 valence electrons. The number of benzene rings is 1. The molecule has 0 aliphatic carbocycles. The van der Waals surface area contributed by atoms with Gasteiger partial charge >= 0.3 is 177 Å². The molecule has 0 bridgehead atoms. The van der Waals surface area contributed by atoms with Gasteiger partial charge in [-0.2, -0.15) is 0 Å². The van der Waals surface area contributed by atoms with Gasteiger partial charge in [-0.25, -0.2) is 0 Å². The molecule has 3 rings (SSSR count). The molecule has 1 saturated heterocycles. The number of carbonyl (C=O) groups excluding carboxylic acids is 2. The first kappa shape index (κ1) is 25.5. The number of amides is 1. The van der Waals surface area contributed by atoms with Crippen molar-refractivity contribution in [1.29, 1.82) is 0 Å². The van der Waals surface area contributed by atoms with Crippen molar-refractivity contribution in [1.82, 2.24) is 15.1 Å². The molecule has 2 heterocycles. The summed E-state index contributed by atoms with van der Waals surface area (Å²) in [4.78, 5) is 36.1. The molecule has 2 aromatic rings. The molecule has 0 radical (unpaired) electrons. The van der Waals surface area contributed by atoms with E-state index in [-0.39, 0.29) is 18.9 Å². The molecule has 0 unspecified atom stereocenters. The van der Waals surface area contributed by atoms with Crippen LogP contribution in [0.5, 0.6) is 0 Å². The number of rotatable bonds is 11. The van der Waals surface area contributed by atoms with Gasteiger partial charge in [0, 0.05) is 0 Å². The fraction of sp³-hybridized carbons (Fsp3) is 0.391. The molecule has 1 aliphatic rings. The number of aliphatic imine (C=N–C) groups is 1. The molecule has 1 aromatic heterocycles. The Balaban J connectivity index is 1.66. The van der Waals surface area contributed by atoms with Crippen molar-refractivity contribution in [2.45, 2.75) is 51.3 Å². The number of hydrogen-bond donors (Lipinski definition) is 2. The monoisotopic (exact) mass is 462 g/mol. The average molecular weight is 462 g/mol. The van der Waals surface area contributed by atoms with Crippen LogP contribution in [0.15, 0.2) is 53.7 Å². The number of pyridine rings is 1. The molecule has 1 fully saturated rings. The summed E-state index contributed by atoms with van der Waals surface area (Å²) >= 11 is 0. The Morgan fingerprint density at radius 1 is 1.32 bits per heavy atom. The van der Waals surface area contributed by atoms with E-state index >= 15 is 0 Å².